The van der Waals surface area contributed by atoms with Crippen LogP contribution in [0.5, 0.6) is 0 Å². The molecule has 3 heterocycles. The third-order valence-electron chi connectivity index (χ3n) is 6.85. The Morgan fingerprint density at radius 3 is 2.52 bits per heavy atom. The van der Waals surface area contributed by atoms with Crippen LogP contribution in [0.25, 0.3) is 0 Å². The summed E-state index contributed by atoms with van der Waals surface area (Å²) < 4.78 is 0. The topological polar surface area (TPSA) is 47.6 Å². The van der Waals surface area contributed by atoms with Gasteiger partial charge in [-0.1, -0.05) is 36.8 Å². The molecule has 0 aromatic heterocycles. The fraction of sp³-hybridized carbons (Fsp3) is 0.682. The van der Waals surface area contributed by atoms with E-state index in [0.29, 0.717) is 12.0 Å². The number of nitrogens with one attached hydrogen (secondary N) is 2. The van der Waals surface area contributed by atoms with E-state index in [4.69, 9.17) is 0 Å². The number of nitrogens with zero attached hydrogens (tertiary/aromatic N) is 2. The summed E-state index contributed by atoms with van der Waals surface area (Å²) in [5.41, 5.74) is 1.69. The normalized spacial score (nSPS) is 24.1. The number of benzene rings is 1. The van der Waals surface area contributed by atoms with Gasteiger partial charge in [-0.05, 0) is 69.3 Å². The van der Waals surface area contributed by atoms with Crippen molar-refractivity contribution in [1.82, 2.24) is 20.4 Å². The summed E-state index contributed by atoms with van der Waals surface area (Å²) in [4.78, 5) is 17.5. The summed E-state index contributed by atoms with van der Waals surface area (Å²) in [5, 5.41) is 6.72. The van der Waals surface area contributed by atoms with E-state index in [-0.39, 0.29) is 12.1 Å². The highest BCUT2D eigenvalue weighted by Gasteiger charge is 2.40. The Balaban J connectivity index is 1.36. The summed E-state index contributed by atoms with van der Waals surface area (Å²) in [5.74, 6) is 0. The second kappa shape index (κ2) is 8.61. The SMILES string of the molecule is O=C(NCC(c1ccccc1)N1CCCCC1)N1CCC2(CCNCC2)C1. The quantitative estimate of drug-likeness (QED) is 0.857. The lowest BCUT2D eigenvalue weighted by Crippen LogP contribution is -2.46. The molecule has 0 bridgehead atoms. The number of urea groups is 1. The molecule has 1 aromatic carbocycles. The maximum Gasteiger partial charge on any atom is 0.317 e. The molecule has 148 valence electrons. The number of rotatable bonds is 4. The van der Waals surface area contributed by atoms with Crippen LogP contribution in [0, 0.1) is 5.41 Å². The Bertz CT molecular complexity index is 608. The number of piperidine rings is 2. The van der Waals surface area contributed by atoms with Gasteiger partial charge in [0, 0.05) is 19.6 Å². The van der Waals surface area contributed by atoms with Gasteiger partial charge in [0.2, 0.25) is 0 Å². The van der Waals surface area contributed by atoms with Crippen molar-refractivity contribution in [2.75, 3.05) is 45.8 Å². The Labute approximate surface area is 163 Å². The van der Waals surface area contributed by atoms with Crippen molar-refractivity contribution in [3.8, 4) is 0 Å². The molecule has 0 saturated carbocycles. The second-order valence-electron chi connectivity index (χ2n) is 8.63. The van der Waals surface area contributed by atoms with Gasteiger partial charge in [-0.25, -0.2) is 4.79 Å². The molecule has 3 aliphatic rings. The van der Waals surface area contributed by atoms with Crippen molar-refractivity contribution in [1.29, 1.82) is 0 Å². The maximum atomic E-state index is 12.9. The molecule has 1 unspecified atom stereocenters. The average Bonchev–Trinajstić information content (AvgIpc) is 3.13. The van der Waals surface area contributed by atoms with Crippen molar-refractivity contribution in [2.45, 2.75) is 44.6 Å². The molecule has 1 atom stereocenters. The summed E-state index contributed by atoms with van der Waals surface area (Å²) in [6, 6.07) is 11.1. The van der Waals surface area contributed by atoms with Crippen LogP contribution in [0.3, 0.4) is 0 Å². The molecular formula is C22H34N4O. The highest BCUT2D eigenvalue weighted by atomic mass is 16.2. The molecule has 4 rings (SSSR count). The van der Waals surface area contributed by atoms with E-state index in [1.54, 1.807) is 0 Å². The molecule has 2 amide bonds. The zero-order chi connectivity index (χ0) is 18.5. The Hall–Kier alpha value is -1.59. The van der Waals surface area contributed by atoms with Crippen molar-refractivity contribution < 1.29 is 4.79 Å². The predicted molar refractivity (Wildman–Crippen MR) is 109 cm³/mol. The molecule has 0 aliphatic carbocycles. The third kappa shape index (κ3) is 4.46. The van der Waals surface area contributed by atoms with E-state index < -0.39 is 0 Å². The van der Waals surface area contributed by atoms with E-state index in [0.717, 1.165) is 45.7 Å². The van der Waals surface area contributed by atoms with Crippen LogP contribution in [0.4, 0.5) is 4.79 Å². The van der Waals surface area contributed by atoms with Crippen LogP contribution in [0.1, 0.15) is 50.1 Å². The first-order valence-electron chi connectivity index (χ1n) is 10.8. The van der Waals surface area contributed by atoms with Crippen molar-refractivity contribution in [2.24, 2.45) is 5.41 Å². The molecule has 3 aliphatic heterocycles. The third-order valence-corrected chi connectivity index (χ3v) is 6.85. The minimum Gasteiger partial charge on any atom is -0.336 e. The van der Waals surface area contributed by atoms with Crippen LogP contribution in [0.15, 0.2) is 30.3 Å². The van der Waals surface area contributed by atoms with E-state index in [9.17, 15) is 4.79 Å². The Morgan fingerprint density at radius 2 is 1.78 bits per heavy atom. The molecule has 3 fully saturated rings. The molecule has 1 spiro atoms. The van der Waals surface area contributed by atoms with E-state index in [2.05, 4.69) is 50.8 Å². The molecule has 5 heteroatoms. The van der Waals surface area contributed by atoms with Gasteiger partial charge >= 0.3 is 6.03 Å². The monoisotopic (exact) mass is 370 g/mol. The van der Waals surface area contributed by atoms with E-state index in [1.807, 2.05) is 0 Å². The minimum atomic E-state index is 0.128. The highest BCUT2D eigenvalue weighted by Crippen LogP contribution is 2.38. The van der Waals surface area contributed by atoms with Crippen LogP contribution < -0.4 is 10.6 Å². The van der Waals surface area contributed by atoms with E-state index in [1.165, 1.54) is 37.7 Å². The fourth-order valence-corrected chi connectivity index (χ4v) is 5.13. The molecule has 3 saturated heterocycles. The lowest BCUT2D eigenvalue weighted by atomic mass is 9.78. The van der Waals surface area contributed by atoms with Gasteiger partial charge in [0.1, 0.15) is 0 Å². The Morgan fingerprint density at radius 1 is 1.04 bits per heavy atom. The van der Waals surface area contributed by atoms with Gasteiger partial charge < -0.3 is 15.5 Å². The number of carbonyl (C=O) groups is 1. The predicted octanol–water partition coefficient (Wildman–Crippen LogP) is 3.00. The van der Waals surface area contributed by atoms with Gasteiger partial charge in [-0.15, -0.1) is 0 Å². The minimum absolute atomic E-state index is 0.128. The first kappa shape index (κ1) is 18.8. The summed E-state index contributed by atoms with van der Waals surface area (Å²) >= 11 is 0. The van der Waals surface area contributed by atoms with Crippen molar-refractivity contribution >= 4 is 6.03 Å². The first-order chi connectivity index (χ1) is 13.3. The molecule has 5 nitrogen and oxygen atoms in total. The highest BCUT2D eigenvalue weighted by molar-refractivity contribution is 5.74. The van der Waals surface area contributed by atoms with Crippen LogP contribution >= 0.6 is 0 Å². The van der Waals surface area contributed by atoms with Gasteiger partial charge in [0.25, 0.3) is 0 Å². The smallest absolute Gasteiger partial charge is 0.317 e. The number of carbonyl (C=O) groups excluding carboxylic acids is 1. The zero-order valence-electron chi connectivity index (χ0n) is 16.5. The maximum absolute atomic E-state index is 12.9. The van der Waals surface area contributed by atoms with Crippen molar-refractivity contribution in [3.05, 3.63) is 35.9 Å². The first-order valence-corrected chi connectivity index (χ1v) is 10.8. The summed E-state index contributed by atoms with van der Waals surface area (Å²) in [7, 11) is 0. The lowest BCUT2D eigenvalue weighted by molar-refractivity contribution is 0.153. The molecule has 0 radical (unpaired) electrons. The van der Waals surface area contributed by atoms with Crippen LogP contribution in [0.2, 0.25) is 0 Å². The van der Waals surface area contributed by atoms with Gasteiger partial charge in [-0.2, -0.15) is 0 Å². The second-order valence-corrected chi connectivity index (χ2v) is 8.63. The summed E-state index contributed by atoms with van der Waals surface area (Å²) in [6.45, 7) is 7.01. The zero-order valence-corrected chi connectivity index (χ0v) is 16.5. The standard InChI is InChI=1S/C22H34N4O/c27-21(26-16-11-22(18-26)9-12-23-13-10-22)24-17-20(19-7-3-1-4-8-19)25-14-5-2-6-15-25/h1,3-4,7-8,20,23H,2,5-6,9-18H2,(H,24,27). The number of likely N-dealkylation sites (tertiary alicyclic amines) is 2. The number of hydrogen-bond donors (Lipinski definition) is 2. The number of amides is 2. The van der Waals surface area contributed by atoms with E-state index >= 15 is 0 Å². The molecular weight excluding hydrogens is 336 g/mol. The number of hydrogen-bond acceptors (Lipinski definition) is 3. The van der Waals surface area contributed by atoms with Gasteiger partial charge in [0.05, 0.1) is 6.04 Å². The summed E-state index contributed by atoms with van der Waals surface area (Å²) in [6.07, 6.45) is 7.43. The van der Waals surface area contributed by atoms with Crippen molar-refractivity contribution in [3.63, 3.8) is 0 Å². The molecule has 27 heavy (non-hydrogen) atoms. The van der Waals surface area contributed by atoms with Crippen LogP contribution in [-0.4, -0.2) is 61.6 Å². The largest absolute Gasteiger partial charge is 0.336 e. The molecule has 2 N–H and O–H groups in total. The van der Waals surface area contributed by atoms with Gasteiger partial charge in [0.15, 0.2) is 0 Å². The Kier molecular flexibility index (Phi) is 5.98. The lowest BCUT2D eigenvalue weighted by Gasteiger charge is -2.36. The van der Waals surface area contributed by atoms with Gasteiger partial charge in [-0.3, -0.25) is 4.90 Å². The average molecular weight is 371 g/mol. The molecule has 1 aromatic rings. The van der Waals surface area contributed by atoms with Crippen LogP contribution in [-0.2, 0) is 0 Å². The fourth-order valence-electron chi connectivity index (χ4n) is 5.13.